The quantitative estimate of drug-likeness (QED) is 0.153. The fourth-order valence-electron chi connectivity index (χ4n) is 9.97. The van der Waals surface area contributed by atoms with Gasteiger partial charge in [0, 0.05) is 22.1 Å². The van der Waals surface area contributed by atoms with E-state index in [1.165, 1.54) is 104 Å². The number of fused-ring (bicyclic) bond motifs is 6. The highest BCUT2D eigenvalue weighted by molar-refractivity contribution is 6.29. The van der Waals surface area contributed by atoms with Gasteiger partial charge < -0.3 is 4.90 Å². The average molecular weight is 748 g/mol. The Morgan fingerprint density at radius 1 is 0.254 bits per heavy atom. The molecule has 0 atom stereocenters. The molecule has 274 valence electrons. The van der Waals surface area contributed by atoms with Gasteiger partial charge in [-0.3, -0.25) is 0 Å². The van der Waals surface area contributed by atoms with Gasteiger partial charge in [-0.2, -0.15) is 0 Å². The molecule has 1 aliphatic rings. The maximum Gasteiger partial charge on any atom is 0.0618 e. The van der Waals surface area contributed by atoms with Crippen molar-refractivity contribution in [2.75, 3.05) is 4.90 Å². The van der Waals surface area contributed by atoms with Crippen LogP contribution in [0.3, 0.4) is 0 Å². The lowest BCUT2D eigenvalue weighted by atomic mass is 9.81. The Morgan fingerprint density at radius 3 is 1.19 bits per heavy atom. The summed E-state index contributed by atoms with van der Waals surface area (Å²) in [6.07, 6.45) is 0. The Bertz CT molecular complexity index is 3310. The predicted octanol–water partition coefficient (Wildman–Crippen LogP) is 16.4. The number of anilines is 3. The summed E-state index contributed by atoms with van der Waals surface area (Å²) in [5.41, 5.74) is 16.2. The van der Waals surface area contributed by atoms with Crippen LogP contribution in [0.1, 0.15) is 0 Å². The largest absolute Gasteiger partial charge is 0.309 e. The molecule has 59 heavy (non-hydrogen) atoms. The number of benzene rings is 11. The van der Waals surface area contributed by atoms with Crippen molar-refractivity contribution in [2.45, 2.75) is 0 Å². The van der Waals surface area contributed by atoms with Crippen LogP contribution in [-0.2, 0) is 0 Å². The molecule has 0 fully saturated rings. The van der Waals surface area contributed by atoms with Crippen LogP contribution in [0.5, 0.6) is 0 Å². The molecular formula is C58H37N. The van der Waals surface area contributed by atoms with Crippen molar-refractivity contribution in [1.29, 1.82) is 0 Å². The number of hydrogen-bond acceptors (Lipinski definition) is 1. The van der Waals surface area contributed by atoms with E-state index in [2.05, 4.69) is 229 Å². The van der Waals surface area contributed by atoms with Gasteiger partial charge in [0.1, 0.15) is 0 Å². The standard InChI is InChI=1S/C58H37N/c1-5-19-39(20-6-1)54-46-36-35-41(37-51(46)55(40-21-7-2-8-22-40)57-50-34-18-24-38-23-17-33-49(52(38)50)56(54)57)53-44-29-13-15-31-47(44)58(48-32-16-14-30-45(48)53)59(42-25-9-3-10-26-42)43-27-11-4-12-28-43/h1-37H. The first-order chi connectivity index (χ1) is 29.3. The van der Waals surface area contributed by atoms with Gasteiger partial charge in [-0.25, -0.2) is 0 Å². The van der Waals surface area contributed by atoms with E-state index in [4.69, 9.17) is 0 Å². The van der Waals surface area contributed by atoms with Crippen molar-refractivity contribution in [1.82, 2.24) is 0 Å². The van der Waals surface area contributed by atoms with Gasteiger partial charge in [-0.15, -0.1) is 0 Å². The lowest BCUT2D eigenvalue weighted by Gasteiger charge is -2.29. The van der Waals surface area contributed by atoms with E-state index in [1.807, 2.05) is 0 Å². The van der Waals surface area contributed by atoms with Crippen molar-refractivity contribution in [3.05, 3.63) is 224 Å². The fraction of sp³-hybridized carbons (Fsp3) is 0. The van der Waals surface area contributed by atoms with Crippen molar-refractivity contribution in [2.24, 2.45) is 0 Å². The molecule has 0 heterocycles. The third-order valence-electron chi connectivity index (χ3n) is 12.3. The summed E-state index contributed by atoms with van der Waals surface area (Å²) in [6.45, 7) is 0. The average Bonchev–Trinajstić information content (AvgIpc) is 3.64. The van der Waals surface area contributed by atoms with Crippen LogP contribution in [0.25, 0.3) is 98.7 Å². The molecule has 0 N–H and O–H groups in total. The molecule has 0 amide bonds. The Labute approximate surface area is 343 Å². The fourth-order valence-corrected chi connectivity index (χ4v) is 9.97. The van der Waals surface area contributed by atoms with E-state index >= 15 is 0 Å². The first kappa shape index (κ1) is 33.4. The number of nitrogens with zero attached hydrogens (tertiary/aromatic N) is 1. The van der Waals surface area contributed by atoms with E-state index in [0.29, 0.717) is 0 Å². The highest BCUT2D eigenvalue weighted by Crippen LogP contribution is 2.58. The van der Waals surface area contributed by atoms with Gasteiger partial charge in [-0.1, -0.05) is 194 Å². The summed E-state index contributed by atoms with van der Waals surface area (Å²) in [5.74, 6) is 0. The van der Waals surface area contributed by atoms with Crippen LogP contribution in [0.15, 0.2) is 224 Å². The number of hydrogen-bond donors (Lipinski definition) is 0. The maximum atomic E-state index is 2.49. The summed E-state index contributed by atoms with van der Waals surface area (Å²) in [5, 5.41) is 9.98. The highest BCUT2D eigenvalue weighted by Gasteiger charge is 2.31. The second kappa shape index (κ2) is 13.4. The first-order valence-corrected chi connectivity index (χ1v) is 20.4. The van der Waals surface area contributed by atoms with E-state index < -0.39 is 0 Å². The van der Waals surface area contributed by atoms with Crippen LogP contribution in [0, 0.1) is 0 Å². The molecule has 0 saturated heterocycles. The Balaban J connectivity index is 1.22. The SMILES string of the molecule is c1ccc(-c2c3c(c(-c4ccccc4)c4cc(-c5c6ccccc6c(N(c6ccccc6)c6ccccc6)c6ccccc56)ccc24)-c2cccc4cccc-3c24)cc1. The van der Waals surface area contributed by atoms with E-state index in [1.54, 1.807) is 0 Å². The van der Waals surface area contributed by atoms with Gasteiger partial charge in [-0.05, 0) is 118 Å². The molecule has 0 aliphatic heterocycles. The zero-order chi connectivity index (χ0) is 38.9. The Hall–Kier alpha value is -7.74. The lowest BCUT2D eigenvalue weighted by molar-refractivity contribution is 1.31. The minimum Gasteiger partial charge on any atom is -0.309 e. The number of rotatable bonds is 6. The van der Waals surface area contributed by atoms with Crippen LogP contribution in [-0.4, -0.2) is 0 Å². The zero-order valence-electron chi connectivity index (χ0n) is 32.3. The van der Waals surface area contributed by atoms with Gasteiger partial charge >= 0.3 is 0 Å². The topological polar surface area (TPSA) is 3.24 Å². The van der Waals surface area contributed by atoms with Crippen molar-refractivity contribution in [3.8, 4) is 55.6 Å². The second-order valence-corrected chi connectivity index (χ2v) is 15.5. The van der Waals surface area contributed by atoms with E-state index in [0.717, 1.165) is 11.4 Å². The summed E-state index contributed by atoms with van der Waals surface area (Å²) >= 11 is 0. The molecule has 1 nitrogen and oxygen atoms in total. The van der Waals surface area contributed by atoms with Gasteiger partial charge in [0.2, 0.25) is 0 Å². The van der Waals surface area contributed by atoms with Gasteiger partial charge in [0.05, 0.1) is 5.69 Å². The Morgan fingerprint density at radius 2 is 0.678 bits per heavy atom. The van der Waals surface area contributed by atoms with E-state index in [-0.39, 0.29) is 0 Å². The minimum absolute atomic E-state index is 1.12. The molecule has 12 rings (SSSR count). The summed E-state index contributed by atoms with van der Waals surface area (Å²) in [4.78, 5) is 2.43. The maximum absolute atomic E-state index is 2.49. The molecule has 1 heteroatoms. The van der Waals surface area contributed by atoms with Crippen molar-refractivity contribution < 1.29 is 0 Å². The van der Waals surface area contributed by atoms with Crippen molar-refractivity contribution in [3.63, 3.8) is 0 Å². The molecule has 0 aromatic heterocycles. The van der Waals surface area contributed by atoms with Crippen LogP contribution in [0.2, 0.25) is 0 Å². The third kappa shape index (κ3) is 5.12. The number of para-hydroxylation sites is 2. The molecule has 0 radical (unpaired) electrons. The summed E-state index contributed by atoms with van der Waals surface area (Å²) in [6, 6.07) is 82.4. The molecule has 0 spiro atoms. The third-order valence-corrected chi connectivity index (χ3v) is 12.3. The summed E-state index contributed by atoms with van der Waals surface area (Å²) < 4.78 is 0. The second-order valence-electron chi connectivity index (χ2n) is 15.5. The molecular weight excluding hydrogens is 711 g/mol. The molecule has 1 aliphatic carbocycles. The molecule has 11 aromatic rings. The van der Waals surface area contributed by atoms with Crippen LogP contribution >= 0.6 is 0 Å². The Kier molecular flexibility index (Phi) is 7.61. The molecule has 0 unspecified atom stereocenters. The van der Waals surface area contributed by atoms with Crippen molar-refractivity contribution >= 4 is 60.2 Å². The van der Waals surface area contributed by atoms with E-state index in [9.17, 15) is 0 Å². The van der Waals surface area contributed by atoms with Crippen LogP contribution < -0.4 is 4.90 Å². The highest BCUT2D eigenvalue weighted by atomic mass is 15.1. The minimum atomic E-state index is 1.12. The monoisotopic (exact) mass is 747 g/mol. The molecule has 0 saturated carbocycles. The lowest BCUT2D eigenvalue weighted by Crippen LogP contribution is -2.11. The smallest absolute Gasteiger partial charge is 0.0618 e. The molecule has 11 aromatic carbocycles. The van der Waals surface area contributed by atoms with Gasteiger partial charge in [0.25, 0.3) is 0 Å². The molecule has 0 bridgehead atoms. The van der Waals surface area contributed by atoms with Crippen LogP contribution in [0.4, 0.5) is 17.1 Å². The summed E-state index contributed by atoms with van der Waals surface area (Å²) in [7, 11) is 0. The zero-order valence-corrected chi connectivity index (χ0v) is 32.3. The first-order valence-electron chi connectivity index (χ1n) is 20.4. The predicted molar refractivity (Wildman–Crippen MR) is 252 cm³/mol. The van der Waals surface area contributed by atoms with Gasteiger partial charge in [0.15, 0.2) is 0 Å². The normalized spacial score (nSPS) is 11.7.